The Balaban J connectivity index is 1.61. The zero-order chi connectivity index (χ0) is 15.8. The van der Waals surface area contributed by atoms with E-state index in [4.69, 9.17) is 0 Å². The van der Waals surface area contributed by atoms with Crippen molar-refractivity contribution in [1.82, 2.24) is 15.6 Å². The molecule has 0 atom stereocenters. The highest BCUT2D eigenvalue weighted by molar-refractivity contribution is 5.90. The van der Waals surface area contributed by atoms with Gasteiger partial charge in [-0.25, -0.2) is 9.78 Å². The summed E-state index contributed by atoms with van der Waals surface area (Å²) >= 11 is 0. The van der Waals surface area contributed by atoms with Crippen molar-refractivity contribution in [2.24, 2.45) is 0 Å². The number of aromatic nitrogens is 1. The molecule has 6 heteroatoms. The van der Waals surface area contributed by atoms with Crippen LogP contribution in [0, 0.1) is 6.92 Å². The van der Waals surface area contributed by atoms with Crippen LogP contribution in [0.25, 0.3) is 0 Å². The zero-order valence-corrected chi connectivity index (χ0v) is 13.0. The van der Waals surface area contributed by atoms with E-state index in [0.717, 1.165) is 18.4 Å². The number of carbonyl (C=O) groups is 2. The van der Waals surface area contributed by atoms with E-state index < -0.39 is 0 Å². The van der Waals surface area contributed by atoms with Gasteiger partial charge in [-0.2, -0.15) is 0 Å². The molecule has 0 bridgehead atoms. The van der Waals surface area contributed by atoms with Crippen molar-refractivity contribution in [2.75, 3.05) is 11.9 Å². The minimum absolute atomic E-state index is 0.158. The first-order valence-electron chi connectivity index (χ1n) is 7.90. The minimum atomic E-state index is -0.187. The van der Waals surface area contributed by atoms with Crippen molar-refractivity contribution in [2.45, 2.75) is 51.5 Å². The molecule has 1 heterocycles. The van der Waals surface area contributed by atoms with Crippen molar-refractivity contribution in [3.8, 4) is 0 Å². The number of hydrogen-bond donors (Lipinski definition) is 3. The van der Waals surface area contributed by atoms with Crippen molar-refractivity contribution in [3.63, 3.8) is 0 Å². The van der Waals surface area contributed by atoms with E-state index in [9.17, 15) is 9.59 Å². The molecular formula is C16H24N4O2. The van der Waals surface area contributed by atoms with Crippen LogP contribution >= 0.6 is 0 Å². The molecule has 1 fully saturated rings. The first-order valence-corrected chi connectivity index (χ1v) is 7.90. The molecule has 1 aliphatic carbocycles. The van der Waals surface area contributed by atoms with Crippen LogP contribution in [0.5, 0.6) is 0 Å². The van der Waals surface area contributed by atoms with Gasteiger partial charge in [-0.15, -0.1) is 0 Å². The van der Waals surface area contributed by atoms with Crippen LogP contribution in [0.1, 0.15) is 44.1 Å². The first kappa shape index (κ1) is 16.3. The van der Waals surface area contributed by atoms with E-state index in [1.807, 2.05) is 13.0 Å². The molecule has 6 nitrogen and oxygen atoms in total. The summed E-state index contributed by atoms with van der Waals surface area (Å²) in [6.07, 6.45) is 7.64. The molecule has 1 saturated carbocycles. The van der Waals surface area contributed by atoms with Gasteiger partial charge in [0, 0.05) is 25.2 Å². The highest BCUT2D eigenvalue weighted by atomic mass is 16.2. The van der Waals surface area contributed by atoms with Crippen LogP contribution in [0.3, 0.4) is 0 Å². The summed E-state index contributed by atoms with van der Waals surface area (Å²) in [5.74, 6) is 0.372. The summed E-state index contributed by atoms with van der Waals surface area (Å²) in [6, 6.07) is 3.74. The van der Waals surface area contributed by atoms with Crippen molar-refractivity contribution >= 4 is 17.8 Å². The number of hydrogen-bond acceptors (Lipinski definition) is 3. The Kier molecular flexibility index (Phi) is 6.18. The Morgan fingerprint density at radius 3 is 2.68 bits per heavy atom. The molecular weight excluding hydrogens is 280 g/mol. The van der Waals surface area contributed by atoms with Gasteiger partial charge in [0.15, 0.2) is 0 Å². The van der Waals surface area contributed by atoms with E-state index in [1.165, 1.54) is 19.3 Å². The summed E-state index contributed by atoms with van der Waals surface area (Å²) in [4.78, 5) is 27.6. The molecule has 0 aliphatic heterocycles. The van der Waals surface area contributed by atoms with E-state index in [-0.39, 0.29) is 24.4 Å². The summed E-state index contributed by atoms with van der Waals surface area (Å²) in [5, 5.41) is 8.38. The van der Waals surface area contributed by atoms with Crippen LogP contribution in [-0.4, -0.2) is 29.5 Å². The molecule has 120 valence electrons. The van der Waals surface area contributed by atoms with Crippen LogP contribution < -0.4 is 16.0 Å². The Morgan fingerprint density at radius 2 is 2.00 bits per heavy atom. The predicted molar refractivity (Wildman–Crippen MR) is 85.6 cm³/mol. The van der Waals surface area contributed by atoms with Crippen molar-refractivity contribution < 1.29 is 9.59 Å². The van der Waals surface area contributed by atoms with Crippen LogP contribution in [-0.2, 0) is 4.79 Å². The van der Waals surface area contributed by atoms with E-state index in [1.54, 1.807) is 12.3 Å². The predicted octanol–water partition coefficient (Wildman–Crippen LogP) is 2.35. The Labute approximate surface area is 131 Å². The second kappa shape index (κ2) is 8.36. The number of carbonyl (C=O) groups excluding carboxylic acids is 2. The van der Waals surface area contributed by atoms with Gasteiger partial charge in [-0.3, -0.25) is 4.79 Å². The lowest BCUT2D eigenvalue weighted by Gasteiger charge is -2.22. The molecule has 22 heavy (non-hydrogen) atoms. The molecule has 3 amide bonds. The summed E-state index contributed by atoms with van der Waals surface area (Å²) in [5.41, 5.74) is 1.04. The van der Waals surface area contributed by atoms with Gasteiger partial charge in [-0.1, -0.05) is 25.3 Å². The number of aryl methyl sites for hydroxylation is 1. The highest BCUT2D eigenvalue weighted by Crippen LogP contribution is 2.17. The van der Waals surface area contributed by atoms with E-state index in [0.29, 0.717) is 12.4 Å². The smallest absolute Gasteiger partial charge is 0.315 e. The fourth-order valence-electron chi connectivity index (χ4n) is 2.52. The largest absolute Gasteiger partial charge is 0.338 e. The van der Waals surface area contributed by atoms with Crippen molar-refractivity contribution in [3.05, 3.63) is 23.9 Å². The third-order valence-corrected chi connectivity index (χ3v) is 3.76. The Hall–Kier alpha value is -2.11. The maximum atomic E-state index is 11.7. The summed E-state index contributed by atoms with van der Waals surface area (Å²) in [6.45, 7) is 2.25. The number of pyridine rings is 1. The van der Waals surface area contributed by atoms with Crippen LogP contribution in [0.4, 0.5) is 10.6 Å². The van der Waals surface area contributed by atoms with Gasteiger partial charge >= 0.3 is 6.03 Å². The highest BCUT2D eigenvalue weighted by Gasteiger charge is 2.15. The number of anilines is 1. The molecule has 1 aliphatic rings. The van der Waals surface area contributed by atoms with Gasteiger partial charge in [0.05, 0.1) is 0 Å². The molecule has 0 spiro atoms. The van der Waals surface area contributed by atoms with Crippen LogP contribution in [0.2, 0.25) is 0 Å². The van der Waals surface area contributed by atoms with Crippen molar-refractivity contribution in [1.29, 1.82) is 0 Å². The van der Waals surface area contributed by atoms with E-state index in [2.05, 4.69) is 20.9 Å². The lowest BCUT2D eigenvalue weighted by atomic mass is 9.96. The van der Waals surface area contributed by atoms with Gasteiger partial charge in [0.25, 0.3) is 0 Å². The normalized spacial score (nSPS) is 15.1. The maximum Gasteiger partial charge on any atom is 0.315 e. The second-order valence-electron chi connectivity index (χ2n) is 5.75. The summed E-state index contributed by atoms with van der Waals surface area (Å²) < 4.78 is 0. The third-order valence-electron chi connectivity index (χ3n) is 3.76. The monoisotopic (exact) mass is 304 g/mol. The molecule has 0 aromatic carbocycles. The lowest BCUT2D eigenvalue weighted by molar-refractivity contribution is -0.116. The first-order chi connectivity index (χ1) is 10.6. The molecule has 0 radical (unpaired) electrons. The minimum Gasteiger partial charge on any atom is -0.338 e. The molecule has 1 aromatic heterocycles. The lowest BCUT2D eigenvalue weighted by Crippen LogP contribution is -2.43. The SMILES string of the molecule is Cc1ccc(NC(=O)CCNC(=O)NC2CCCCC2)nc1. The fraction of sp³-hybridized carbons (Fsp3) is 0.562. The van der Waals surface area contributed by atoms with Crippen LogP contribution in [0.15, 0.2) is 18.3 Å². The molecule has 0 unspecified atom stereocenters. The standard InChI is InChI=1S/C16H24N4O2/c1-12-7-8-14(18-11-12)20-15(21)9-10-17-16(22)19-13-5-3-2-4-6-13/h7-8,11,13H,2-6,9-10H2,1H3,(H2,17,19,22)(H,18,20,21). The Morgan fingerprint density at radius 1 is 1.23 bits per heavy atom. The number of amides is 3. The zero-order valence-electron chi connectivity index (χ0n) is 13.0. The van der Waals surface area contributed by atoms with E-state index >= 15 is 0 Å². The molecule has 2 rings (SSSR count). The number of nitrogens with zero attached hydrogens (tertiary/aromatic N) is 1. The molecule has 1 aromatic rings. The number of nitrogens with one attached hydrogen (secondary N) is 3. The Bertz CT molecular complexity index is 495. The van der Waals surface area contributed by atoms with Gasteiger partial charge < -0.3 is 16.0 Å². The second-order valence-corrected chi connectivity index (χ2v) is 5.75. The maximum absolute atomic E-state index is 11.7. The number of urea groups is 1. The summed E-state index contributed by atoms with van der Waals surface area (Å²) in [7, 11) is 0. The topological polar surface area (TPSA) is 83.1 Å². The van der Waals surface area contributed by atoms with Gasteiger partial charge in [-0.05, 0) is 31.4 Å². The third kappa shape index (κ3) is 5.71. The average Bonchev–Trinajstić information content (AvgIpc) is 2.50. The fourth-order valence-corrected chi connectivity index (χ4v) is 2.52. The quantitative estimate of drug-likeness (QED) is 0.781. The van der Waals surface area contributed by atoms with Gasteiger partial charge in [0.1, 0.15) is 5.82 Å². The van der Waals surface area contributed by atoms with Gasteiger partial charge in [0.2, 0.25) is 5.91 Å². The number of rotatable bonds is 5. The average molecular weight is 304 g/mol. The molecule has 0 saturated heterocycles. The molecule has 3 N–H and O–H groups in total.